The molecule has 88 valence electrons. The lowest BCUT2D eigenvalue weighted by Gasteiger charge is -2.09. The van der Waals surface area contributed by atoms with E-state index in [0.29, 0.717) is 18.2 Å². The summed E-state index contributed by atoms with van der Waals surface area (Å²) in [4.78, 5) is 15.3. The van der Waals surface area contributed by atoms with Crippen LogP contribution in [-0.4, -0.2) is 13.0 Å². The highest BCUT2D eigenvalue weighted by Crippen LogP contribution is 2.30. The first-order valence-corrected chi connectivity index (χ1v) is 4.06. The van der Waals surface area contributed by atoms with Gasteiger partial charge in [-0.15, -0.1) is 0 Å². The van der Waals surface area contributed by atoms with Crippen molar-refractivity contribution in [1.82, 2.24) is 5.48 Å². The summed E-state index contributed by atoms with van der Waals surface area (Å²) in [6, 6.07) is 1.55. The van der Waals surface area contributed by atoms with E-state index in [2.05, 4.69) is 4.84 Å². The van der Waals surface area contributed by atoms with Crippen molar-refractivity contribution in [2.45, 2.75) is 6.18 Å². The number of hydroxylamine groups is 1. The second-order valence-electron chi connectivity index (χ2n) is 2.83. The summed E-state index contributed by atoms with van der Waals surface area (Å²) in [6.07, 6.45) is -4.63. The number of carbonyl (C=O) groups is 1. The Morgan fingerprint density at radius 2 is 2.00 bits per heavy atom. The molecule has 0 aliphatic heterocycles. The lowest BCUT2D eigenvalue weighted by molar-refractivity contribution is -0.137. The van der Waals surface area contributed by atoms with Gasteiger partial charge in [0.2, 0.25) is 0 Å². The summed E-state index contributed by atoms with van der Waals surface area (Å²) < 4.78 is 49.8. The predicted molar refractivity (Wildman–Crippen MR) is 45.9 cm³/mol. The van der Waals surface area contributed by atoms with Crippen molar-refractivity contribution >= 4 is 5.91 Å². The normalized spacial score (nSPS) is 11.3. The van der Waals surface area contributed by atoms with E-state index >= 15 is 0 Å². The van der Waals surface area contributed by atoms with Crippen LogP contribution in [0.2, 0.25) is 0 Å². The Kier molecular flexibility index (Phi) is 3.48. The van der Waals surface area contributed by atoms with Gasteiger partial charge in [-0.3, -0.25) is 9.63 Å². The van der Waals surface area contributed by atoms with E-state index in [1.165, 1.54) is 0 Å². The zero-order valence-electron chi connectivity index (χ0n) is 8.06. The molecule has 0 fully saturated rings. The van der Waals surface area contributed by atoms with Gasteiger partial charge in [0.15, 0.2) is 0 Å². The number of hydrogen-bond acceptors (Lipinski definition) is 2. The minimum absolute atomic E-state index is 0.420. The van der Waals surface area contributed by atoms with E-state index < -0.39 is 29.0 Å². The minimum atomic E-state index is -4.63. The highest BCUT2D eigenvalue weighted by Gasteiger charge is 2.31. The van der Waals surface area contributed by atoms with Crippen molar-refractivity contribution in [2.75, 3.05) is 7.11 Å². The van der Waals surface area contributed by atoms with Crippen molar-refractivity contribution < 1.29 is 27.2 Å². The van der Waals surface area contributed by atoms with Gasteiger partial charge in [-0.2, -0.15) is 13.2 Å². The maximum atomic E-state index is 13.0. The molecule has 3 nitrogen and oxygen atoms in total. The number of alkyl halides is 3. The molecule has 1 amide bonds. The largest absolute Gasteiger partial charge is 0.416 e. The van der Waals surface area contributed by atoms with Crippen LogP contribution in [0.1, 0.15) is 15.9 Å². The molecule has 1 N–H and O–H groups in total. The predicted octanol–water partition coefficient (Wildman–Crippen LogP) is 2.14. The lowest BCUT2D eigenvalue weighted by atomic mass is 10.1. The Morgan fingerprint density at radius 1 is 1.38 bits per heavy atom. The monoisotopic (exact) mass is 237 g/mol. The SMILES string of the molecule is CONC(=O)c1cc(C(F)(F)F)ccc1F. The van der Waals surface area contributed by atoms with Crippen LogP contribution in [0.4, 0.5) is 17.6 Å². The third-order valence-electron chi connectivity index (χ3n) is 1.73. The highest BCUT2D eigenvalue weighted by atomic mass is 19.4. The molecule has 1 aromatic carbocycles. The zero-order chi connectivity index (χ0) is 12.3. The van der Waals surface area contributed by atoms with Crippen LogP contribution in [0.5, 0.6) is 0 Å². The molecule has 0 heterocycles. The van der Waals surface area contributed by atoms with Gasteiger partial charge in [-0.1, -0.05) is 0 Å². The molecule has 1 aromatic rings. The van der Waals surface area contributed by atoms with Crippen LogP contribution in [-0.2, 0) is 11.0 Å². The van der Waals surface area contributed by atoms with Crippen LogP contribution in [0, 0.1) is 5.82 Å². The molecule has 16 heavy (non-hydrogen) atoms. The average Bonchev–Trinajstić information content (AvgIpc) is 2.16. The highest BCUT2D eigenvalue weighted by molar-refractivity contribution is 5.93. The second-order valence-corrected chi connectivity index (χ2v) is 2.83. The standard InChI is InChI=1S/C9H7F4NO2/c1-16-14-8(15)6-4-5(9(11,12)13)2-3-7(6)10/h2-4H,1H3,(H,14,15). The summed E-state index contributed by atoms with van der Waals surface area (Å²) in [5.74, 6) is -2.13. The molecule has 7 heteroatoms. The van der Waals surface area contributed by atoms with Gasteiger partial charge in [0.05, 0.1) is 18.2 Å². The first-order valence-electron chi connectivity index (χ1n) is 4.06. The molecule has 0 bridgehead atoms. The Balaban J connectivity index is 3.14. The van der Waals surface area contributed by atoms with E-state index in [0.717, 1.165) is 7.11 Å². The Hall–Kier alpha value is -1.63. The molecular formula is C9H7F4NO2. The van der Waals surface area contributed by atoms with Crippen LogP contribution in [0.3, 0.4) is 0 Å². The van der Waals surface area contributed by atoms with Crippen LogP contribution in [0.25, 0.3) is 0 Å². The molecule has 0 aromatic heterocycles. The van der Waals surface area contributed by atoms with Gasteiger partial charge in [-0.25, -0.2) is 9.87 Å². The van der Waals surface area contributed by atoms with Gasteiger partial charge >= 0.3 is 6.18 Å². The maximum Gasteiger partial charge on any atom is 0.416 e. The lowest BCUT2D eigenvalue weighted by Crippen LogP contribution is -2.23. The molecule has 0 aliphatic carbocycles. The Morgan fingerprint density at radius 3 is 2.50 bits per heavy atom. The first-order chi connectivity index (χ1) is 7.36. The van der Waals surface area contributed by atoms with E-state index in [1.807, 2.05) is 0 Å². The van der Waals surface area contributed by atoms with Gasteiger partial charge in [-0.05, 0) is 18.2 Å². The molecule has 0 saturated heterocycles. The fourth-order valence-corrected chi connectivity index (χ4v) is 1.02. The summed E-state index contributed by atoms with van der Waals surface area (Å²) in [7, 11) is 1.09. The number of nitrogens with one attached hydrogen (secondary N) is 1. The number of rotatable bonds is 2. The second kappa shape index (κ2) is 4.48. The van der Waals surface area contributed by atoms with E-state index in [9.17, 15) is 22.4 Å². The van der Waals surface area contributed by atoms with Crippen molar-refractivity contribution in [3.8, 4) is 0 Å². The topological polar surface area (TPSA) is 38.3 Å². The summed E-state index contributed by atoms with van der Waals surface area (Å²) in [5, 5.41) is 0. The van der Waals surface area contributed by atoms with Gasteiger partial charge in [0.1, 0.15) is 5.82 Å². The maximum absolute atomic E-state index is 13.0. The fourth-order valence-electron chi connectivity index (χ4n) is 1.02. The molecule has 0 atom stereocenters. The third-order valence-corrected chi connectivity index (χ3v) is 1.73. The molecule has 0 saturated carbocycles. The van der Waals surface area contributed by atoms with Crippen molar-refractivity contribution in [3.63, 3.8) is 0 Å². The van der Waals surface area contributed by atoms with Crippen molar-refractivity contribution in [2.24, 2.45) is 0 Å². The zero-order valence-corrected chi connectivity index (χ0v) is 8.06. The molecule has 0 spiro atoms. The number of hydrogen-bond donors (Lipinski definition) is 1. The van der Waals surface area contributed by atoms with E-state index in [4.69, 9.17) is 0 Å². The summed E-state index contributed by atoms with van der Waals surface area (Å²) >= 11 is 0. The van der Waals surface area contributed by atoms with Crippen LogP contribution < -0.4 is 5.48 Å². The van der Waals surface area contributed by atoms with E-state index in [1.54, 1.807) is 5.48 Å². The molecule has 0 unspecified atom stereocenters. The van der Waals surface area contributed by atoms with Crippen LogP contribution in [0.15, 0.2) is 18.2 Å². The average molecular weight is 237 g/mol. The van der Waals surface area contributed by atoms with Gasteiger partial charge in [0.25, 0.3) is 5.91 Å². The van der Waals surface area contributed by atoms with Gasteiger partial charge in [0, 0.05) is 0 Å². The third kappa shape index (κ3) is 2.69. The number of amides is 1. The number of halogens is 4. The van der Waals surface area contributed by atoms with Crippen molar-refractivity contribution in [1.29, 1.82) is 0 Å². The molecule has 1 rings (SSSR count). The smallest absolute Gasteiger partial charge is 0.277 e. The fraction of sp³-hybridized carbons (Fsp3) is 0.222. The molecule has 0 aliphatic rings. The Bertz CT molecular complexity index is 403. The molecular weight excluding hydrogens is 230 g/mol. The van der Waals surface area contributed by atoms with Gasteiger partial charge < -0.3 is 0 Å². The minimum Gasteiger partial charge on any atom is -0.277 e. The number of benzene rings is 1. The quantitative estimate of drug-likeness (QED) is 0.632. The van der Waals surface area contributed by atoms with E-state index in [-0.39, 0.29) is 0 Å². The summed E-state index contributed by atoms with van der Waals surface area (Å²) in [5.41, 5.74) is -0.0920. The summed E-state index contributed by atoms with van der Waals surface area (Å²) in [6.45, 7) is 0. The Labute approximate surface area is 88.0 Å². The van der Waals surface area contributed by atoms with Crippen molar-refractivity contribution in [3.05, 3.63) is 35.1 Å². The first kappa shape index (κ1) is 12.4. The number of carbonyl (C=O) groups excluding carboxylic acids is 1. The molecule has 0 radical (unpaired) electrons. The van der Waals surface area contributed by atoms with Crippen LogP contribution >= 0.6 is 0 Å².